The van der Waals surface area contributed by atoms with Crippen molar-refractivity contribution in [3.63, 3.8) is 0 Å². The van der Waals surface area contributed by atoms with Crippen molar-refractivity contribution in [3.05, 3.63) is 119 Å². The Morgan fingerprint density at radius 1 is 0.947 bits per heavy atom. The van der Waals surface area contributed by atoms with E-state index in [1.165, 1.54) is 17.0 Å². The molecule has 38 heavy (non-hydrogen) atoms. The van der Waals surface area contributed by atoms with E-state index in [1.807, 2.05) is 56.3 Å². The molecule has 1 aliphatic rings. The van der Waals surface area contributed by atoms with E-state index in [9.17, 15) is 19.1 Å². The zero-order valence-electron chi connectivity index (χ0n) is 21.2. The van der Waals surface area contributed by atoms with Crippen LogP contribution >= 0.6 is 0 Å². The van der Waals surface area contributed by atoms with Gasteiger partial charge in [-0.25, -0.2) is 4.39 Å². The van der Waals surface area contributed by atoms with Gasteiger partial charge < -0.3 is 14.7 Å². The highest BCUT2D eigenvalue weighted by Gasteiger charge is 2.46. The van der Waals surface area contributed by atoms with E-state index in [-0.39, 0.29) is 23.7 Å². The second-order valence-electron chi connectivity index (χ2n) is 9.85. The monoisotopic (exact) mass is 509 g/mol. The first-order valence-corrected chi connectivity index (χ1v) is 12.6. The Kier molecular flexibility index (Phi) is 6.97. The number of aliphatic hydroxyl groups is 1. The number of carbonyl (C=O) groups is 2. The van der Waals surface area contributed by atoms with Gasteiger partial charge in [-0.3, -0.25) is 9.59 Å². The number of halogens is 1. The Hall–Kier alpha value is -4.45. The van der Waals surface area contributed by atoms with Crippen LogP contribution in [0.3, 0.4) is 0 Å². The summed E-state index contributed by atoms with van der Waals surface area (Å²) in [4.78, 5) is 28.4. The minimum atomic E-state index is -0.841. The maximum Gasteiger partial charge on any atom is 0.295 e. The molecule has 1 atom stereocenters. The van der Waals surface area contributed by atoms with Gasteiger partial charge in [-0.15, -0.1) is 0 Å². The normalized spacial score (nSPS) is 16.9. The number of hydrogen-bond acceptors (Lipinski definition) is 4. The van der Waals surface area contributed by atoms with Gasteiger partial charge in [-0.05, 0) is 52.1 Å². The number of amides is 1. The van der Waals surface area contributed by atoms with Gasteiger partial charge in [0.15, 0.2) is 0 Å². The van der Waals surface area contributed by atoms with Crippen molar-refractivity contribution in [2.45, 2.75) is 26.4 Å². The molecule has 5 rings (SSSR count). The third-order valence-electron chi connectivity index (χ3n) is 6.61. The molecule has 0 radical (unpaired) electrons. The molecule has 4 aromatic rings. The SMILES string of the molecule is CC(C)COc1cccc(/C(O)=C2/C(=O)C(=O)N(Cc3ccc(F)cc3)C2c2cccc3ccccc23)c1. The van der Waals surface area contributed by atoms with Crippen molar-refractivity contribution in [1.29, 1.82) is 0 Å². The van der Waals surface area contributed by atoms with Crippen molar-refractivity contribution in [2.24, 2.45) is 5.92 Å². The fourth-order valence-electron chi connectivity index (χ4n) is 4.79. The number of nitrogens with zero attached hydrogens (tertiary/aromatic N) is 1. The van der Waals surface area contributed by atoms with Gasteiger partial charge >= 0.3 is 0 Å². The number of hydrogen-bond donors (Lipinski definition) is 1. The van der Waals surface area contributed by atoms with Crippen molar-refractivity contribution < 1.29 is 23.8 Å². The summed E-state index contributed by atoms with van der Waals surface area (Å²) in [5.74, 6) is -1.27. The Morgan fingerprint density at radius 3 is 2.42 bits per heavy atom. The number of aliphatic hydroxyl groups excluding tert-OH is 1. The molecule has 192 valence electrons. The van der Waals surface area contributed by atoms with Gasteiger partial charge in [-0.1, -0.05) is 80.6 Å². The van der Waals surface area contributed by atoms with Gasteiger partial charge in [0.05, 0.1) is 18.2 Å². The number of ketones is 1. The van der Waals surface area contributed by atoms with Gasteiger partial charge in [0.25, 0.3) is 11.7 Å². The standard InChI is InChI=1S/C32H28FNO4/c1-20(2)19-38-25-10-5-9-23(17-25)30(35)28-29(27-12-6-8-22-7-3-4-11-26(22)27)34(32(37)31(28)36)18-21-13-15-24(33)16-14-21/h3-17,20,29,35H,18-19H2,1-2H3/b30-28-. The number of rotatable bonds is 7. The summed E-state index contributed by atoms with van der Waals surface area (Å²) in [6, 6.07) is 25.3. The molecule has 0 spiro atoms. The van der Waals surface area contributed by atoms with E-state index in [4.69, 9.17) is 4.74 Å². The van der Waals surface area contributed by atoms with Gasteiger partial charge in [0.2, 0.25) is 0 Å². The van der Waals surface area contributed by atoms with E-state index >= 15 is 0 Å². The topological polar surface area (TPSA) is 66.8 Å². The molecule has 6 heteroatoms. The summed E-state index contributed by atoms with van der Waals surface area (Å²) in [6.45, 7) is 4.66. The molecule has 1 N–H and O–H groups in total. The quantitative estimate of drug-likeness (QED) is 0.172. The van der Waals surface area contributed by atoms with E-state index in [0.717, 1.165) is 16.3 Å². The van der Waals surface area contributed by atoms with Crippen LogP contribution in [-0.4, -0.2) is 28.3 Å². The third kappa shape index (κ3) is 4.90. The van der Waals surface area contributed by atoms with Gasteiger partial charge in [0, 0.05) is 12.1 Å². The lowest BCUT2D eigenvalue weighted by atomic mass is 9.91. The first-order valence-electron chi connectivity index (χ1n) is 12.6. The largest absolute Gasteiger partial charge is 0.507 e. The molecule has 4 aromatic carbocycles. The van der Waals surface area contributed by atoms with Crippen LogP contribution in [-0.2, 0) is 16.1 Å². The van der Waals surface area contributed by atoms with Crippen LogP contribution < -0.4 is 4.74 Å². The smallest absolute Gasteiger partial charge is 0.295 e. The fraction of sp³-hybridized carbons (Fsp3) is 0.188. The molecular formula is C32H28FNO4. The minimum Gasteiger partial charge on any atom is -0.507 e. The first-order chi connectivity index (χ1) is 18.3. The van der Waals surface area contributed by atoms with Crippen LogP contribution in [0.15, 0.2) is 96.6 Å². The highest BCUT2D eigenvalue weighted by atomic mass is 19.1. The molecule has 1 heterocycles. The highest BCUT2D eigenvalue weighted by molar-refractivity contribution is 6.46. The Morgan fingerprint density at radius 2 is 1.66 bits per heavy atom. The molecule has 0 saturated carbocycles. The van der Waals surface area contributed by atoms with Gasteiger partial charge in [0.1, 0.15) is 17.3 Å². The fourth-order valence-corrected chi connectivity index (χ4v) is 4.79. The number of carbonyl (C=O) groups excluding carboxylic acids is 2. The summed E-state index contributed by atoms with van der Waals surface area (Å²) >= 11 is 0. The van der Waals surface area contributed by atoms with Crippen molar-refractivity contribution in [3.8, 4) is 5.75 Å². The summed E-state index contributed by atoms with van der Waals surface area (Å²) in [5.41, 5.74) is 1.78. The lowest BCUT2D eigenvalue weighted by Crippen LogP contribution is -2.29. The number of Topliss-reactive ketones (excluding diaryl/α,β-unsaturated/α-hetero) is 1. The molecule has 1 fully saturated rings. The van der Waals surface area contributed by atoms with Crippen LogP contribution in [0, 0.1) is 11.7 Å². The number of ether oxygens (including phenoxy) is 1. The molecule has 1 amide bonds. The lowest BCUT2D eigenvalue weighted by molar-refractivity contribution is -0.140. The molecule has 0 bridgehead atoms. The molecule has 0 aromatic heterocycles. The number of benzene rings is 4. The van der Waals surface area contributed by atoms with Gasteiger partial charge in [-0.2, -0.15) is 0 Å². The Balaban J connectivity index is 1.66. The first kappa shape index (κ1) is 25.2. The van der Waals surface area contributed by atoms with Crippen LogP contribution in [0.5, 0.6) is 5.75 Å². The van der Waals surface area contributed by atoms with Crippen LogP contribution in [0.25, 0.3) is 16.5 Å². The summed E-state index contributed by atoms with van der Waals surface area (Å²) in [5, 5.41) is 13.3. The highest BCUT2D eigenvalue weighted by Crippen LogP contribution is 2.42. The second kappa shape index (κ2) is 10.5. The van der Waals surface area contributed by atoms with Crippen molar-refractivity contribution in [1.82, 2.24) is 4.90 Å². The molecule has 0 aliphatic carbocycles. The van der Waals surface area contributed by atoms with Crippen LogP contribution in [0.2, 0.25) is 0 Å². The molecule has 1 aliphatic heterocycles. The molecule has 5 nitrogen and oxygen atoms in total. The maximum absolute atomic E-state index is 13.6. The predicted molar refractivity (Wildman–Crippen MR) is 145 cm³/mol. The number of likely N-dealkylation sites (tertiary alicyclic amines) is 1. The average Bonchev–Trinajstić information content (AvgIpc) is 3.17. The predicted octanol–water partition coefficient (Wildman–Crippen LogP) is 6.64. The maximum atomic E-state index is 13.6. The van der Waals surface area contributed by atoms with Crippen LogP contribution in [0.1, 0.15) is 36.6 Å². The van der Waals surface area contributed by atoms with Crippen molar-refractivity contribution >= 4 is 28.2 Å². The minimum absolute atomic E-state index is 0.00877. The third-order valence-corrected chi connectivity index (χ3v) is 6.61. The van der Waals surface area contributed by atoms with Crippen LogP contribution in [0.4, 0.5) is 4.39 Å². The second-order valence-corrected chi connectivity index (χ2v) is 9.85. The van der Waals surface area contributed by atoms with Crippen molar-refractivity contribution in [2.75, 3.05) is 6.61 Å². The molecule has 1 unspecified atom stereocenters. The Bertz CT molecular complexity index is 1540. The summed E-state index contributed by atoms with van der Waals surface area (Å²) < 4.78 is 19.4. The Labute approximate surface area is 220 Å². The molecule has 1 saturated heterocycles. The zero-order chi connectivity index (χ0) is 26.8. The summed E-state index contributed by atoms with van der Waals surface area (Å²) in [7, 11) is 0. The molecular weight excluding hydrogens is 481 g/mol. The van der Waals surface area contributed by atoms with E-state index in [0.29, 0.717) is 29.4 Å². The van der Waals surface area contributed by atoms with E-state index in [2.05, 4.69) is 0 Å². The van der Waals surface area contributed by atoms with E-state index in [1.54, 1.807) is 36.4 Å². The average molecular weight is 510 g/mol. The number of fused-ring (bicyclic) bond motifs is 1. The summed E-state index contributed by atoms with van der Waals surface area (Å²) in [6.07, 6.45) is 0. The zero-order valence-corrected chi connectivity index (χ0v) is 21.2. The van der Waals surface area contributed by atoms with E-state index < -0.39 is 17.7 Å². The lowest BCUT2D eigenvalue weighted by Gasteiger charge is -2.26.